The van der Waals surface area contributed by atoms with Gasteiger partial charge in [-0.25, -0.2) is 9.78 Å². The molecule has 17 heavy (non-hydrogen) atoms. The van der Waals surface area contributed by atoms with Crippen molar-refractivity contribution in [3.63, 3.8) is 0 Å². The standard InChI is InChI=1S/C10H12N2O5/c1-17-8-3-2-6(4-11-8)9(14)12-5-7(13)10(15)16/h2-4,7,13H,5H2,1H3,(H,12,14)(H,15,16). The van der Waals surface area contributed by atoms with Gasteiger partial charge in [0.1, 0.15) is 0 Å². The summed E-state index contributed by atoms with van der Waals surface area (Å²) in [7, 11) is 1.45. The van der Waals surface area contributed by atoms with Crippen LogP contribution in [0.5, 0.6) is 5.88 Å². The number of methoxy groups -OCH3 is 1. The molecule has 0 aliphatic carbocycles. The van der Waals surface area contributed by atoms with Gasteiger partial charge >= 0.3 is 5.97 Å². The Bertz CT molecular complexity index is 404. The van der Waals surface area contributed by atoms with E-state index in [2.05, 4.69) is 10.3 Å². The predicted octanol–water partition coefficient (Wildman–Crippen LogP) is -0.735. The number of carbonyl (C=O) groups excluding carboxylic acids is 1. The summed E-state index contributed by atoms with van der Waals surface area (Å²) >= 11 is 0. The first kappa shape index (κ1) is 12.9. The van der Waals surface area contributed by atoms with Crippen LogP contribution in [-0.4, -0.2) is 46.8 Å². The number of carboxylic acids is 1. The molecule has 0 aliphatic rings. The second-order valence-electron chi connectivity index (χ2n) is 3.15. The van der Waals surface area contributed by atoms with Gasteiger partial charge in [-0.3, -0.25) is 4.79 Å². The van der Waals surface area contributed by atoms with Gasteiger partial charge in [-0.05, 0) is 6.07 Å². The first-order valence-electron chi connectivity index (χ1n) is 4.73. The molecule has 1 unspecified atom stereocenters. The number of rotatable bonds is 5. The third-order valence-electron chi connectivity index (χ3n) is 1.95. The van der Waals surface area contributed by atoms with Gasteiger partial charge in [0.25, 0.3) is 5.91 Å². The molecular formula is C10H12N2O5. The lowest BCUT2D eigenvalue weighted by Crippen LogP contribution is -2.36. The van der Waals surface area contributed by atoms with E-state index in [0.717, 1.165) is 0 Å². The zero-order valence-electron chi connectivity index (χ0n) is 9.08. The highest BCUT2D eigenvalue weighted by Crippen LogP contribution is 2.06. The molecule has 0 aromatic carbocycles. The van der Waals surface area contributed by atoms with Crippen molar-refractivity contribution in [3.05, 3.63) is 23.9 Å². The topological polar surface area (TPSA) is 109 Å². The maximum atomic E-state index is 11.5. The Kier molecular flexibility index (Phi) is 4.41. The molecule has 0 radical (unpaired) electrons. The van der Waals surface area contributed by atoms with Gasteiger partial charge in [0, 0.05) is 12.3 Å². The van der Waals surface area contributed by atoms with Crippen molar-refractivity contribution in [2.75, 3.05) is 13.7 Å². The quantitative estimate of drug-likeness (QED) is 0.625. The summed E-state index contributed by atoms with van der Waals surface area (Å²) in [5.74, 6) is -1.54. The number of amides is 1. The zero-order chi connectivity index (χ0) is 12.8. The second kappa shape index (κ2) is 5.80. The number of aromatic nitrogens is 1. The van der Waals surface area contributed by atoms with Gasteiger partial charge in [0.2, 0.25) is 5.88 Å². The SMILES string of the molecule is COc1ccc(C(=O)NCC(O)C(=O)O)cn1. The number of carbonyl (C=O) groups is 2. The highest BCUT2D eigenvalue weighted by atomic mass is 16.5. The van der Waals surface area contributed by atoms with Crippen molar-refractivity contribution in [2.24, 2.45) is 0 Å². The molecule has 1 atom stereocenters. The average Bonchev–Trinajstić information content (AvgIpc) is 2.35. The average molecular weight is 240 g/mol. The third-order valence-corrected chi connectivity index (χ3v) is 1.95. The van der Waals surface area contributed by atoms with Crippen LogP contribution >= 0.6 is 0 Å². The van der Waals surface area contributed by atoms with Gasteiger partial charge in [-0.2, -0.15) is 0 Å². The molecule has 1 amide bonds. The van der Waals surface area contributed by atoms with E-state index in [-0.39, 0.29) is 12.1 Å². The lowest BCUT2D eigenvalue weighted by molar-refractivity contribution is -0.146. The molecule has 1 aromatic heterocycles. The molecule has 0 aliphatic heterocycles. The number of aliphatic hydroxyl groups excluding tert-OH is 1. The van der Waals surface area contributed by atoms with Crippen LogP contribution in [0.1, 0.15) is 10.4 Å². The van der Waals surface area contributed by atoms with Crippen LogP contribution in [0.25, 0.3) is 0 Å². The van der Waals surface area contributed by atoms with Gasteiger partial charge < -0.3 is 20.3 Å². The molecule has 1 rings (SSSR count). The predicted molar refractivity (Wildman–Crippen MR) is 56.8 cm³/mol. The molecule has 0 saturated heterocycles. The summed E-state index contributed by atoms with van der Waals surface area (Å²) < 4.78 is 4.82. The third kappa shape index (κ3) is 3.72. The van der Waals surface area contributed by atoms with Crippen molar-refractivity contribution >= 4 is 11.9 Å². The van der Waals surface area contributed by atoms with E-state index in [1.807, 2.05) is 0 Å². The Morgan fingerprint density at radius 3 is 2.71 bits per heavy atom. The lowest BCUT2D eigenvalue weighted by atomic mass is 10.2. The number of carboxylic acid groups (broad SMARTS) is 1. The molecular weight excluding hydrogens is 228 g/mol. The van der Waals surface area contributed by atoms with E-state index in [0.29, 0.717) is 5.88 Å². The summed E-state index contributed by atoms with van der Waals surface area (Å²) in [6.45, 7) is -0.361. The summed E-state index contributed by atoms with van der Waals surface area (Å²) in [4.78, 5) is 25.6. The Balaban J connectivity index is 2.55. The van der Waals surface area contributed by atoms with Crippen LogP contribution in [0.2, 0.25) is 0 Å². The number of aliphatic carboxylic acids is 1. The fraction of sp³-hybridized carbons (Fsp3) is 0.300. The van der Waals surface area contributed by atoms with Crippen molar-refractivity contribution < 1.29 is 24.5 Å². The molecule has 7 heteroatoms. The number of nitrogens with zero attached hydrogens (tertiary/aromatic N) is 1. The van der Waals surface area contributed by atoms with Crippen LogP contribution < -0.4 is 10.1 Å². The number of hydrogen-bond acceptors (Lipinski definition) is 5. The summed E-state index contributed by atoms with van der Waals surface area (Å²) in [5, 5.41) is 19.6. The monoisotopic (exact) mass is 240 g/mol. The van der Waals surface area contributed by atoms with Crippen LogP contribution in [0.15, 0.2) is 18.3 Å². The Morgan fingerprint density at radius 2 is 2.24 bits per heavy atom. The van der Waals surface area contributed by atoms with Crippen LogP contribution in [0, 0.1) is 0 Å². The number of aliphatic hydroxyl groups is 1. The normalized spacial score (nSPS) is 11.6. The minimum Gasteiger partial charge on any atom is -0.481 e. The summed E-state index contributed by atoms with van der Waals surface area (Å²) in [6, 6.07) is 2.98. The van der Waals surface area contributed by atoms with E-state index in [9.17, 15) is 9.59 Å². The molecule has 1 heterocycles. The van der Waals surface area contributed by atoms with E-state index >= 15 is 0 Å². The molecule has 0 saturated carbocycles. The van der Waals surface area contributed by atoms with E-state index in [1.165, 1.54) is 25.4 Å². The first-order valence-corrected chi connectivity index (χ1v) is 4.73. The highest BCUT2D eigenvalue weighted by molar-refractivity contribution is 5.94. The summed E-state index contributed by atoms with van der Waals surface area (Å²) in [5.41, 5.74) is 0.253. The second-order valence-corrected chi connectivity index (χ2v) is 3.15. The van der Waals surface area contributed by atoms with Crippen molar-refractivity contribution in [2.45, 2.75) is 6.10 Å². The minimum absolute atomic E-state index is 0.253. The molecule has 3 N–H and O–H groups in total. The van der Waals surface area contributed by atoms with Crippen molar-refractivity contribution in [1.82, 2.24) is 10.3 Å². The van der Waals surface area contributed by atoms with E-state index < -0.39 is 18.0 Å². The molecule has 0 fully saturated rings. The molecule has 92 valence electrons. The van der Waals surface area contributed by atoms with Gasteiger partial charge in [-0.1, -0.05) is 0 Å². The highest BCUT2D eigenvalue weighted by Gasteiger charge is 2.14. The molecule has 7 nitrogen and oxygen atoms in total. The zero-order valence-corrected chi connectivity index (χ0v) is 9.08. The fourth-order valence-electron chi connectivity index (χ4n) is 1.01. The maximum absolute atomic E-state index is 11.5. The number of ether oxygens (including phenoxy) is 1. The van der Waals surface area contributed by atoms with Crippen LogP contribution in [0.4, 0.5) is 0 Å². The minimum atomic E-state index is -1.62. The van der Waals surface area contributed by atoms with Gasteiger partial charge in [0.05, 0.1) is 19.2 Å². The largest absolute Gasteiger partial charge is 0.481 e. The smallest absolute Gasteiger partial charge is 0.334 e. The first-order chi connectivity index (χ1) is 8.04. The number of pyridine rings is 1. The summed E-state index contributed by atoms with van der Waals surface area (Å²) in [6.07, 6.45) is -0.327. The number of hydrogen-bond donors (Lipinski definition) is 3. The van der Waals surface area contributed by atoms with Crippen LogP contribution in [0.3, 0.4) is 0 Å². The Hall–Kier alpha value is -2.15. The van der Waals surface area contributed by atoms with Crippen molar-refractivity contribution in [3.8, 4) is 5.88 Å². The van der Waals surface area contributed by atoms with Crippen LogP contribution in [-0.2, 0) is 4.79 Å². The van der Waals surface area contributed by atoms with Crippen molar-refractivity contribution in [1.29, 1.82) is 0 Å². The van der Waals surface area contributed by atoms with Gasteiger partial charge in [-0.15, -0.1) is 0 Å². The number of nitrogens with one attached hydrogen (secondary N) is 1. The Labute approximate surface area is 97.1 Å². The maximum Gasteiger partial charge on any atom is 0.334 e. The van der Waals surface area contributed by atoms with E-state index in [4.69, 9.17) is 14.9 Å². The molecule has 1 aromatic rings. The Morgan fingerprint density at radius 1 is 1.53 bits per heavy atom. The van der Waals surface area contributed by atoms with Gasteiger partial charge in [0.15, 0.2) is 6.10 Å². The fourth-order valence-corrected chi connectivity index (χ4v) is 1.01. The molecule has 0 spiro atoms. The van der Waals surface area contributed by atoms with E-state index in [1.54, 1.807) is 0 Å². The molecule has 0 bridgehead atoms. The lowest BCUT2D eigenvalue weighted by Gasteiger charge is -2.07.